The Bertz CT molecular complexity index is 883. The third kappa shape index (κ3) is 3.80. The second kappa shape index (κ2) is 8.14. The number of carbonyl (C=O) groups is 2. The van der Waals surface area contributed by atoms with Crippen molar-refractivity contribution < 1.29 is 23.8 Å². The highest BCUT2D eigenvalue weighted by molar-refractivity contribution is 7.99. The minimum absolute atomic E-state index is 0.0108. The van der Waals surface area contributed by atoms with Gasteiger partial charge in [0.05, 0.1) is 12.7 Å². The van der Waals surface area contributed by atoms with Gasteiger partial charge in [0.25, 0.3) is 5.91 Å². The van der Waals surface area contributed by atoms with Crippen LogP contribution in [0.1, 0.15) is 38.0 Å². The Labute approximate surface area is 167 Å². The molecule has 0 saturated carbocycles. The monoisotopic (exact) mass is 399 g/mol. The van der Waals surface area contributed by atoms with Crippen LogP contribution in [0.5, 0.6) is 11.5 Å². The zero-order chi connectivity index (χ0) is 19.5. The van der Waals surface area contributed by atoms with Crippen LogP contribution in [0.4, 0.5) is 0 Å². The molecule has 146 valence electrons. The summed E-state index contributed by atoms with van der Waals surface area (Å²) >= 11 is 1.86. The Morgan fingerprint density at radius 3 is 2.57 bits per heavy atom. The zero-order valence-electron chi connectivity index (χ0n) is 15.6. The fourth-order valence-corrected chi connectivity index (χ4v) is 4.62. The number of amides is 1. The van der Waals surface area contributed by atoms with Crippen molar-refractivity contribution >= 4 is 23.6 Å². The highest BCUT2D eigenvalue weighted by Gasteiger charge is 2.24. The van der Waals surface area contributed by atoms with Gasteiger partial charge in [0.15, 0.2) is 11.5 Å². The van der Waals surface area contributed by atoms with Crippen molar-refractivity contribution in [3.05, 3.63) is 59.2 Å². The average Bonchev–Trinajstić information content (AvgIpc) is 3.07. The molecule has 1 atom stereocenters. The maximum atomic E-state index is 12.9. The van der Waals surface area contributed by atoms with Gasteiger partial charge in [-0.3, -0.25) is 4.79 Å². The molecular weight excluding hydrogens is 378 g/mol. The normalized spacial score (nSPS) is 18.5. The second-order valence-corrected chi connectivity index (χ2v) is 7.93. The third-order valence-corrected chi connectivity index (χ3v) is 6.28. The van der Waals surface area contributed by atoms with Gasteiger partial charge in [0.1, 0.15) is 0 Å². The summed E-state index contributed by atoms with van der Waals surface area (Å²) in [6.07, 6.45) is 0.871. The van der Waals surface area contributed by atoms with Crippen LogP contribution in [0.15, 0.2) is 42.5 Å². The van der Waals surface area contributed by atoms with Gasteiger partial charge in [0.2, 0.25) is 6.79 Å². The van der Waals surface area contributed by atoms with E-state index in [1.807, 2.05) is 28.8 Å². The number of carbonyl (C=O) groups excluding carboxylic acids is 2. The van der Waals surface area contributed by atoms with Crippen LogP contribution in [0.3, 0.4) is 0 Å². The number of fused-ring (bicyclic) bond motifs is 1. The fourth-order valence-electron chi connectivity index (χ4n) is 3.40. The standard InChI is InChI=1S/C21H21NO5S/c1-25-21(24)15-4-2-14(3-5-15)20(23)22-9-8-19(28-11-10-22)16-6-7-17-18(12-16)27-13-26-17/h2-7,12,19H,8-11,13H2,1H3. The molecule has 0 aliphatic carbocycles. The predicted molar refractivity (Wildman–Crippen MR) is 106 cm³/mol. The number of thioether (sulfide) groups is 1. The first-order valence-corrected chi connectivity index (χ1v) is 10.2. The lowest BCUT2D eigenvalue weighted by molar-refractivity contribution is 0.0599. The van der Waals surface area contributed by atoms with E-state index in [1.165, 1.54) is 12.7 Å². The maximum absolute atomic E-state index is 12.9. The first-order chi connectivity index (χ1) is 13.7. The average molecular weight is 399 g/mol. The molecule has 0 bridgehead atoms. The summed E-state index contributed by atoms with van der Waals surface area (Å²) in [6.45, 7) is 1.65. The summed E-state index contributed by atoms with van der Waals surface area (Å²) in [7, 11) is 1.34. The first kappa shape index (κ1) is 18.7. The van der Waals surface area contributed by atoms with E-state index >= 15 is 0 Å². The smallest absolute Gasteiger partial charge is 0.337 e. The van der Waals surface area contributed by atoms with Gasteiger partial charge in [-0.25, -0.2) is 4.79 Å². The van der Waals surface area contributed by atoms with Crippen LogP contribution >= 0.6 is 11.8 Å². The quantitative estimate of drug-likeness (QED) is 0.736. The van der Waals surface area contributed by atoms with Crippen molar-refractivity contribution in [2.24, 2.45) is 0 Å². The van der Waals surface area contributed by atoms with Crippen molar-refractivity contribution in [1.29, 1.82) is 0 Å². The molecule has 1 saturated heterocycles. The van der Waals surface area contributed by atoms with E-state index in [4.69, 9.17) is 14.2 Å². The Balaban J connectivity index is 1.42. The van der Waals surface area contributed by atoms with Crippen LogP contribution in [0.2, 0.25) is 0 Å². The molecule has 6 nitrogen and oxygen atoms in total. The second-order valence-electron chi connectivity index (χ2n) is 6.62. The van der Waals surface area contributed by atoms with Crippen molar-refractivity contribution in [1.82, 2.24) is 4.90 Å². The lowest BCUT2D eigenvalue weighted by Gasteiger charge is -2.20. The number of esters is 1. The largest absolute Gasteiger partial charge is 0.465 e. The molecule has 0 radical (unpaired) electrons. The van der Waals surface area contributed by atoms with Crippen molar-refractivity contribution in [3.8, 4) is 11.5 Å². The Hall–Kier alpha value is -2.67. The van der Waals surface area contributed by atoms with E-state index in [0.717, 1.165) is 23.7 Å². The molecule has 2 heterocycles. The van der Waals surface area contributed by atoms with E-state index in [0.29, 0.717) is 29.5 Å². The molecule has 28 heavy (non-hydrogen) atoms. The number of nitrogens with zero attached hydrogens (tertiary/aromatic N) is 1. The molecule has 1 amide bonds. The van der Waals surface area contributed by atoms with E-state index in [9.17, 15) is 9.59 Å². The zero-order valence-corrected chi connectivity index (χ0v) is 16.4. The topological polar surface area (TPSA) is 65.1 Å². The van der Waals surface area contributed by atoms with Gasteiger partial charge in [-0.15, -0.1) is 0 Å². The summed E-state index contributed by atoms with van der Waals surface area (Å²) in [4.78, 5) is 26.3. The fraction of sp³-hybridized carbons (Fsp3) is 0.333. The summed E-state index contributed by atoms with van der Waals surface area (Å²) in [5.41, 5.74) is 2.22. The molecule has 7 heteroatoms. The highest BCUT2D eigenvalue weighted by atomic mass is 32.2. The molecular formula is C21H21NO5S. The molecule has 0 spiro atoms. The number of hydrogen-bond acceptors (Lipinski definition) is 6. The number of rotatable bonds is 3. The highest BCUT2D eigenvalue weighted by Crippen LogP contribution is 2.40. The number of hydrogen-bond donors (Lipinski definition) is 0. The minimum atomic E-state index is -0.406. The lowest BCUT2D eigenvalue weighted by Crippen LogP contribution is -2.33. The lowest BCUT2D eigenvalue weighted by atomic mass is 10.1. The predicted octanol–water partition coefficient (Wildman–Crippen LogP) is 3.52. The molecule has 2 aliphatic rings. The summed E-state index contributed by atoms with van der Waals surface area (Å²) in [5.74, 6) is 2.03. The van der Waals surface area contributed by atoms with E-state index in [2.05, 4.69) is 6.07 Å². The third-order valence-electron chi connectivity index (χ3n) is 4.95. The Morgan fingerprint density at radius 2 is 1.79 bits per heavy atom. The van der Waals surface area contributed by atoms with E-state index < -0.39 is 5.97 Å². The Morgan fingerprint density at radius 1 is 1.04 bits per heavy atom. The minimum Gasteiger partial charge on any atom is -0.465 e. The molecule has 2 aromatic rings. The van der Waals surface area contributed by atoms with Crippen molar-refractivity contribution in [3.63, 3.8) is 0 Å². The molecule has 0 aromatic heterocycles. The molecule has 4 rings (SSSR count). The SMILES string of the molecule is COC(=O)c1ccc(C(=O)N2CCSC(c3ccc4c(c3)OCO4)CC2)cc1. The van der Waals surface area contributed by atoms with Gasteiger partial charge in [0, 0.05) is 29.7 Å². The Kier molecular flexibility index (Phi) is 5.43. The maximum Gasteiger partial charge on any atom is 0.337 e. The van der Waals surface area contributed by atoms with E-state index in [-0.39, 0.29) is 12.7 Å². The van der Waals surface area contributed by atoms with Crippen LogP contribution in [-0.4, -0.2) is 49.5 Å². The summed E-state index contributed by atoms with van der Waals surface area (Å²) in [5, 5.41) is 0.314. The van der Waals surface area contributed by atoms with Crippen LogP contribution in [0, 0.1) is 0 Å². The molecule has 0 N–H and O–H groups in total. The van der Waals surface area contributed by atoms with Crippen LogP contribution < -0.4 is 9.47 Å². The summed E-state index contributed by atoms with van der Waals surface area (Å²) in [6, 6.07) is 12.7. The van der Waals surface area contributed by atoms with Gasteiger partial charge >= 0.3 is 5.97 Å². The van der Waals surface area contributed by atoms with Gasteiger partial charge < -0.3 is 19.1 Å². The van der Waals surface area contributed by atoms with E-state index in [1.54, 1.807) is 24.3 Å². The number of methoxy groups -OCH3 is 1. The van der Waals surface area contributed by atoms with Gasteiger partial charge in [-0.2, -0.15) is 11.8 Å². The molecule has 1 fully saturated rings. The van der Waals surface area contributed by atoms with Crippen LogP contribution in [-0.2, 0) is 4.74 Å². The van der Waals surface area contributed by atoms with Crippen LogP contribution in [0.25, 0.3) is 0 Å². The van der Waals surface area contributed by atoms with Gasteiger partial charge in [-0.05, 0) is 48.4 Å². The van der Waals surface area contributed by atoms with Gasteiger partial charge in [-0.1, -0.05) is 6.07 Å². The summed E-state index contributed by atoms with van der Waals surface area (Å²) < 4.78 is 15.6. The first-order valence-electron chi connectivity index (χ1n) is 9.14. The molecule has 2 aliphatic heterocycles. The molecule has 2 aromatic carbocycles. The number of benzene rings is 2. The van der Waals surface area contributed by atoms with Crippen molar-refractivity contribution in [2.75, 3.05) is 32.7 Å². The molecule has 1 unspecified atom stereocenters. The van der Waals surface area contributed by atoms with Crippen molar-refractivity contribution in [2.45, 2.75) is 11.7 Å². The number of ether oxygens (including phenoxy) is 3.